The van der Waals surface area contributed by atoms with Crippen LogP contribution in [0.4, 0.5) is 0 Å². The van der Waals surface area contributed by atoms with Crippen LogP contribution in [-0.4, -0.2) is 154 Å². The van der Waals surface area contributed by atoms with Gasteiger partial charge in [-0.1, -0.05) is 45.5 Å². The van der Waals surface area contributed by atoms with E-state index in [9.17, 15) is 30.3 Å². The molecule has 3 heterocycles. The first-order valence-electron chi connectivity index (χ1n) is 19.8. The molecule has 0 spiro atoms. The molecule has 0 aromatic carbocycles. The van der Waals surface area contributed by atoms with Crippen molar-refractivity contribution in [1.82, 2.24) is 4.90 Å². The smallest absolute Gasteiger partial charge is 0.311 e. The Labute approximate surface area is 328 Å². The normalized spacial score (nSPS) is 47.6. The number of likely N-dealkylation sites (N-methyl/N-ethyl adjacent to an activating group) is 1. The molecule has 3 aliphatic rings. The van der Waals surface area contributed by atoms with E-state index in [4.69, 9.17) is 33.3 Å². The van der Waals surface area contributed by atoms with Gasteiger partial charge in [0.2, 0.25) is 0 Å². The van der Waals surface area contributed by atoms with E-state index in [1.807, 2.05) is 32.8 Å². The molecule has 0 aromatic heterocycles. The van der Waals surface area contributed by atoms with Gasteiger partial charge < -0.3 is 63.7 Å². The fourth-order valence-electron chi connectivity index (χ4n) is 8.76. The van der Waals surface area contributed by atoms with Crippen LogP contribution in [-0.2, 0) is 38.1 Å². The minimum atomic E-state index is -1.94. The van der Waals surface area contributed by atoms with Crippen molar-refractivity contribution in [3.63, 3.8) is 0 Å². The highest BCUT2D eigenvalue weighted by Crippen LogP contribution is 2.41. The van der Waals surface area contributed by atoms with E-state index in [-0.39, 0.29) is 38.0 Å². The largest absolute Gasteiger partial charge is 0.459 e. The lowest BCUT2D eigenvalue weighted by atomic mass is 9.73. The van der Waals surface area contributed by atoms with Crippen molar-refractivity contribution in [3.8, 4) is 0 Å². The predicted molar refractivity (Wildman–Crippen MR) is 205 cm³/mol. The van der Waals surface area contributed by atoms with E-state index in [2.05, 4.69) is 11.7 Å². The lowest BCUT2D eigenvalue weighted by molar-refractivity contribution is -0.317. The molecule has 320 valence electrons. The Morgan fingerprint density at radius 3 is 2.16 bits per heavy atom. The SMILES string of the molecule is C=CCON=C1[C@H](C)C[C@@](C)(O)[C@H](OC2OC(C)CC(N(C)C)C2O)[C@@H](C)[C@H](OC2CC(C)(OC)C(O)C(C)O2)[C@@H](C)C(=O)O[C@H](CC)[C@@](C)(O)[C@H](O)[C@H]1C. The standard InChI is InChI=1S/C40H72N2O13/c1-15-17-50-41-30-21(3)19-38(9,47)35(55-37-31(43)27(42(12)13)18-22(4)51-37)24(6)32(54-29-20-39(10,49-14)34(45)26(8)52-29)25(7)36(46)53-28(16-2)40(11,48)33(44)23(30)5/h15,21-29,31-35,37,43-45,47-48H,1,16-20H2,2-14H3/t21-,22?,23+,24+,25-,26?,27?,28-,29?,31?,32+,33-,34?,35-,37?,38-,39?,40-/m1/s1. The number of hydrogen-bond donors (Lipinski definition) is 5. The number of carbonyl (C=O) groups excluding carboxylic acids is 1. The van der Waals surface area contributed by atoms with Crippen LogP contribution in [0.2, 0.25) is 0 Å². The van der Waals surface area contributed by atoms with Crippen molar-refractivity contribution in [2.75, 3.05) is 27.8 Å². The van der Waals surface area contributed by atoms with Crippen LogP contribution in [0.5, 0.6) is 0 Å². The quantitative estimate of drug-likeness (QED) is 0.0938. The van der Waals surface area contributed by atoms with Crippen LogP contribution in [0, 0.1) is 23.7 Å². The molecule has 0 saturated carbocycles. The number of oxime groups is 1. The average Bonchev–Trinajstić information content (AvgIpc) is 3.11. The van der Waals surface area contributed by atoms with Crippen molar-refractivity contribution in [1.29, 1.82) is 0 Å². The molecule has 8 unspecified atom stereocenters. The third-order valence-electron chi connectivity index (χ3n) is 12.2. The zero-order valence-electron chi connectivity index (χ0n) is 35.4. The number of esters is 1. The summed E-state index contributed by atoms with van der Waals surface area (Å²) in [4.78, 5) is 21.7. The molecule has 15 heteroatoms. The number of aliphatic hydroxyl groups is 5. The monoisotopic (exact) mass is 789 g/mol. The molecular weight excluding hydrogens is 716 g/mol. The summed E-state index contributed by atoms with van der Waals surface area (Å²) in [6.07, 6.45) is -7.73. The molecule has 5 N–H and O–H groups in total. The number of rotatable bonds is 10. The van der Waals surface area contributed by atoms with Gasteiger partial charge in [0.25, 0.3) is 0 Å². The molecule has 0 amide bonds. The highest BCUT2D eigenvalue weighted by atomic mass is 16.7. The maximum absolute atomic E-state index is 14.3. The Morgan fingerprint density at radius 2 is 1.60 bits per heavy atom. The third-order valence-corrected chi connectivity index (χ3v) is 12.2. The molecule has 0 aliphatic carbocycles. The van der Waals surface area contributed by atoms with Gasteiger partial charge in [-0.25, -0.2) is 0 Å². The number of aliphatic hydroxyl groups excluding tert-OH is 3. The summed E-state index contributed by atoms with van der Waals surface area (Å²) < 4.78 is 37.6. The number of hydrogen-bond acceptors (Lipinski definition) is 15. The predicted octanol–water partition coefficient (Wildman–Crippen LogP) is 2.78. The first-order valence-corrected chi connectivity index (χ1v) is 19.8. The summed E-state index contributed by atoms with van der Waals surface area (Å²) in [5, 5.41) is 63.2. The molecular formula is C40H72N2O13. The van der Waals surface area contributed by atoms with Crippen LogP contribution in [0.25, 0.3) is 0 Å². The lowest BCUT2D eigenvalue weighted by Gasteiger charge is -2.49. The summed E-state index contributed by atoms with van der Waals surface area (Å²) in [6.45, 7) is 20.8. The molecule has 18 atom stereocenters. The second kappa shape index (κ2) is 19.3. The van der Waals surface area contributed by atoms with Gasteiger partial charge in [-0.2, -0.15) is 0 Å². The highest BCUT2D eigenvalue weighted by Gasteiger charge is 2.53. The van der Waals surface area contributed by atoms with E-state index in [0.717, 1.165) is 0 Å². The van der Waals surface area contributed by atoms with Gasteiger partial charge in [-0.05, 0) is 74.9 Å². The van der Waals surface area contributed by atoms with Crippen LogP contribution in [0.3, 0.4) is 0 Å². The Kier molecular flexibility index (Phi) is 16.7. The lowest BCUT2D eigenvalue weighted by Crippen LogP contribution is -2.61. The first-order chi connectivity index (χ1) is 25.5. The van der Waals surface area contributed by atoms with Crippen LogP contribution < -0.4 is 0 Å². The van der Waals surface area contributed by atoms with Gasteiger partial charge in [0.15, 0.2) is 12.6 Å². The van der Waals surface area contributed by atoms with Gasteiger partial charge in [-0.15, -0.1) is 0 Å². The van der Waals surface area contributed by atoms with Crippen LogP contribution in [0.1, 0.15) is 94.9 Å². The average molecular weight is 789 g/mol. The van der Waals surface area contributed by atoms with E-state index in [1.165, 1.54) is 20.1 Å². The van der Waals surface area contributed by atoms with Crippen molar-refractivity contribution in [2.45, 2.75) is 179 Å². The fourth-order valence-corrected chi connectivity index (χ4v) is 8.76. The van der Waals surface area contributed by atoms with E-state index in [0.29, 0.717) is 12.1 Å². The Balaban J connectivity index is 2.25. The summed E-state index contributed by atoms with van der Waals surface area (Å²) in [6, 6.07) is -0.315. The summed E-state index contributed by atoms with van der Waals surface area (Å²) in [5.74, 6) is -4.00. The highest BCUT2D eigenvalue weighted by molar-refractivity contribution is 5.88. The maximum Gasteiger partial charge on any atom is 0.311 e. The van der Waals surface area contributed by atoms with Gasteiger partial charge in [-0.3, -0.25) is 4.79 Å². The van der Waals surface area contributed by atoms with Crippen LogP contribution >= 0.6 is 0 Å². The van der Waals surface area contributed by atoms with Gasteiger partial charge in [0.1, 0.15) is 30.5 Å². The van der Waals surface area contributed by atoms with Crippen molar-refractivity contribution in [2.24, 2.45) is 28.8 Å². The summed E-state index contributed by atoms with van der Waals surface area (Å²) in [7, 11) is 5.22. The molecule has 3 fully saturated rings. The fraction of sp³-hybridized carbons (Fsp3) is 0.900. The Morgan fingerprint density at radius 1 is 0.964 bits per heavy atom. The number of carbonyl (C=O) groups is 1. The third kappa shape index (κ3) is 10.8. The minimum Gasteiger partial charge on any atom is -0.459 e. The number of ether oxygens (including phenoxy) is 6. The summed E-state index contributed by atoms with van der Waals surface area (Å²) >= 11 is 0. The van der Waals surface area contributed by atoms with Gasteiger partial charge in [0.05, 0.1) is 53.4 Å². The van der Waals surface area contributed by atoms with Gasteiger partial charge >= 0.3 is 5.97 Å². The second-order valence-electron chi connectivity index (χ2n) is 17.2. The Bertz CT molecular complexity index is 1280. The first kappa shape index (κ1) is 47.6. The molecule has 0 bridgehead atoms. The van der Waals surface area contributed by atoms with E-state index >= 15 is 0 Å². The molecule has 3 rings (SSSR count). The number of nitrogens with zero attached hydrogens (tertiary/aromatic N) is 2. The van der Waals surface area contributed by atoms with Crippen molar-refractivity contribution in [3.05, 3.63) is 12.7 Å². The Hall–Kier alpha value is -1.76. The molecule has 55 heavy (non-hydrogen) atoms. The van der Waals surface area contributed by atoms with Crippen molar-refractivity contribution >= 4 is 11.7 Å². The second-order valence-corrected chi connectivity index (χ2v) is 17.2. The van der Waals surface area contributed by atoms with E-state index in [1.54, 1.807) is 48.5 Å². The van der Waals surface area contributed by atoms with E-state index < -0.39 is 102 Å². The number of methoxy groups -OCH3 is 1. The van der Waals surface area contributed by atoms with Crippen molar-refractivity contribution < 1.29 is 63.6 Å². The summed E-state index contributed by atoms with van der Waals surface area (Å²) in [5.41, 5.74) is -4.37. The topological polar surface area (TPSA) is 198 Å². The zero-order valence-corrected chi connectivity index (χ0v) is 35.4. The molecule has 15 nitrogen and oxygen atoms in total. The minimum absolute atomic E-state index is 0.000620. The molecule has 3 saturated heterocycles. The molecule has 0 aromatic rings. The van der Waals surface area contributed by atoms with Crippen LogP contribution in [0.15, 0.2) is 17.8 Å². The maximum atomic E-state index is 14.3. The zero-order chi connectivity index (χ0) is 41.8. The molecule has 0 radical (unpaired) electrons. The van der Waals surface area contributed by atoms with Gasteiger partial charge in [0, 0.05) is 37.3 Å². The number of cyclic esters (lactones) is 1. The molecule has 3 aliphatic heterocycles.